The molecule has 2 heterocycles. The van der Waals surface area contributed by atoms with Crippen LogP contribution in [-0.2, 0) is 25.6 Å². The first-order valence-electron chi connectivity index (χ1n) is 11.4. The molecule has 1 N–H and O–H groups in total. The summed E-state index contributed by atoms with van der Waals surface area (Å²) in [6.45, 7) is 2.70. The van der Waals surface area contributed by atoms with Gasteiger partial charge in [0.15, 0.2) is 0 Å². The van der Waals surface area contributed by atoms with Gasteiger partial charge in [-0.2, -0.15) is 13.2 Å². The number of benzene rings is 2. The van der Waals surface area contributed by atoms with Crippen LogP contribution < -0.4 is 5.56 Å². The Morgan fingerprint density at radius 2 is 1.62 bits per heavy atom. The standard InChI is InChI=1S/C26H27F3N2O/c27-26(28,29)20-8-6-18(7-9-20)19-11-13-31(14-12-19)16-17-5-10-24-23(15-17)21-3-1-2-4-22(21)25(32)30-24/h5-10,15,19H,1-4,11-14,16H2,(H,30,32). The molecule has 168 valence electrons. The van der Waals surface area contributed by atoms with Crippen molar-refractivity contribution in [3.05, 3.63) is 80.6 Å². The minimum Gasteiger partial charge on any atom is -0.322 e. The van der Waals surface area contributed by atoms with E-state index in [1.807, 2.05) is 6.07 Å². The molecule has 5 rings (SSSR count). The van der Waals surface area contributed by atoms with Crippen LogP contribution in [0.2, 0.25) is 0 Å². The summed E-state index contributed by atoms with van der Waals surface area (Å²) in [4.78, 5) is 17.8. The molecule has 0 radical (unpaired) electrons. The van der Waals surface area contributed by atoms with Gasteiger partial charge in [-0.05, 0) is 98.5 Å². The number of likely N-dealkylation sites (tertiary alicyclic amines) is 1. The molecule has 6 heteroatoms. The number of nitrogens with one attached hydrogen (secondary N) is 1. The lowest BCUT2D eigenvalue weighted by Crippen LogP contribution is -2.32. The van der Waals surface area contributed by atoms with Crippen molar-refractivity contribution in [3.63, 3.8) is 0 Å². The Labute approximate surface area is 185 Å². The highest BCUT2D eigenvalue weighted by molar-refractivity contribution is 5.84. The summed E-state index contributed by atoms with van der Waals surface area (Å²) in [6.07, 6.45) is 1.65. The summed E-state index contributed by atoms with van der Waals surface area (Å²) in [5, 5.41) is 1.18. The van der Waals surface area contributed by atoms with Crippen LogP contribution in [0, 0.1) is 0 Å². The third kappa shape index (κ3) is 4.20. The van der Waals surface area contributed by atoms with Gasteiger partial charge in [-0.15, -0.1) is 0 Å². The Morgan fingerprint density at radius 3 is 2.31 bits per heavy atom. The van der Waals surface area contributed by atoms with Crippen LogP contribution in [0.3, 0.4) is 0 Å². The monoisotopic (exact) mass is 440 g/mol. The minimum atomic E-state index is -4.28. The summed E-state index contributed by atoms with van der Waals surface area (Å²) in [5.41, 5.74) is 4.81. The molecule has 1 saturated heterocycles. The zero-order chi connectivity index (χ0) is 22.3. The molecule has 32 heavy (non-hydrogen) atoms. The first-order valence-corrected chi connectivity index (χ1v) is 11.4. The number of rotatable bonds is 3. The number of alkyl halides is 3. The first-order chi connectivity index (χ1) is 15.4. The number of aryl methyl sites for hydroxylation is 1. The van der Waals surface area contributed by atoms with Crippen molar-refractivity contribution < 1.29 is 13.2 Å². The van der Waals surface area contributed by atoms with Crippen molar-refractivity contribution in [2.24, 2.45) is 0 Å². The van der Waals surface area contributed by atoms with Crippen LogP contribution in [0.25, 0.3) is 10.9 Å². The molecule has 2 aliphatic rings. The Balaban J connectivity index is 1.27. The lowest BCUT2D eigenvalue weighted by molar-refractivity contribution is -0.137. The highest BCUT2D eigenvalue weighted by Gasteiger charge is 2.30. The van der Waals surface area contributed by atoms with Crippen molar-refractivity contribution in [2.45, 2.75) is 57.2 Å². The van der Waals surface area contributed by atoms with E-state index in [1.165, 1.54) is 28.6 Å². The van der Waals surface area contributed by atoms with E-state index in [2.05, 4.69) is 22.0 Å². The number of halogens is 3. The van der Waals surface area contributed by atoms with Gasteiger partial charge in [0, 0.05) is 23.0 Å². The fraction of sp³-hybridized carbons (Fsp3) is 0.423. The Bertz CT molecular complexity index is 1170. The molecule has 0 unspecified atom stereocenters. The Kier molecular flexibility index (Phi) is 5.58. The largest absolute Gasteiger partial charge is 0.416 e. The quantitative estimate of drug-likeness (QED) is 0.558. The highest BCUT2D eigenvalue weighted by atomic mass is 19.4. The van der Waals surface area contributed by atoms with Crippen molar-refractivity contribution in [3.8, 4) is 0 Å². The summed E-state index contributed by atoms with van der Waals surface area (Å²) in [5.74, 6) is 0.308. The molecule has 1 aliphatic carbocycles. The van der Waals surface area contributed by atoms with E-state index in [-0.39, 0.29) is 5.56 Å². The third-order valence-electron chi connectivity index (χ3n) is 7.10. The van der Waals surface area contributed by atoms with E-state index in [0.717, 1.165) is 74.8 Å². The van der Waals surface area contributed by atoms with Gasteiger partial charge in [0.1, 0.15) is 0 Å². The summed E-state index contributed by atoms with van der Waals surface area (Å²) < 4.78 is 38.4. The first kappa shape index (κ1) is 21.3. The van der Waals surface area contributed by atoms with Gasteiger partial charge < -0.3 is 4.98 Å². The van der Waals surface area contributed by atoms with E-state index < -0.39 is 11.7 Å². The normalized spacial score (nSPS) is 18.1. The van der Waals surface area contributed by atoms with Crippen LogP contribution in [0.4, 0.5) is 13.2 Å². The number of hydrogen-bond acceptors (Lipinski definition) is 2. The molecule has 3 nitrogen and oxygen atoms in total. The van der Waals surface area contributed by atoms with Crippen LogP contribution in [-0.4, -0.2) is 23.0 Å². The van der Waals surface area contributed by atoms with E-state index in [4.69, 9.17) is 0 Å². The molecule has 0 spiro atoms. The second-order valence-electron chi connectivity index (χ2n) is 9.17. The molecule has 3 aromatic rings. The molecule has 0 atom stereocenters. The van der Waals surface area contributed by atoms with E-state index in [0.29, 0.717) is 5.92 Å². The number of piperidine rings is 1. The Morgan fingerprint density at radius 1 is 0.938 bits per heavy atom. The van der Waals surface area contributed by atoms with Gasteiger partial charge in [-0.1, -0.05) is 18.2 Å². The van der Waals surface area contributed by atoms with Gasteiger partial charge in [-0.3, -0.25) is 9.69 Å². The SMILES string of the molecule is O=c1[nH]c2ccc(CN3CCC(c4ccc(C(F)(F)F)cc4)CC3)cc2c2c1CCCC2. The number of hydrogen-bond donors (Lipinski definition) is 1. The number of aromatic amines is 1. The highest BCUT2D eigenvalue weighted by Crippen LogP contribution is 2.33. The lowest BCUT2D eigenvalue weighted by Gasteiger charge is -2.32. The van der Waals surface area contributed by atoms with Crippen LogP contribution >= 0.6 is 0 Å². The average Bonchev–Trinajstić information content (AvgIpc) is 2.80. The summed E-state index contributed by atoms with van der Waals surface area (Å²) >= 11 is 0. The number of pyridine rings is 1. The van der Waals surface area contributed by atoms with Gasteiger partial charge in [0.25, 0.3) is 5.56 Å². The van der Waals surface area contributed by atoms with Crippen molar-refractivity contribution in [2.75, 3.05) is 13.1 Å². The molecule has 0 saturated carbocycles. The second-order valence-corrected chi connectivity index (χ2v) is 9.17. The predicted molar refractivity (Wildman–Crippen MR) is 120 cm³/mol. The van der Waals surface area contributed by atoms with Crippen molar-refractivity contribution in [1.82, 2.24) is 9.88 Å². The fourth-order valence-corrected chi connectivity index (χ4v) is 5.33. The van der Waals surface area contributed by atoms with Gasteiger partial charge >= 0.3 is 6.18 Å². The molecular formula is C26H27F3N2O. The van der Waals surface area contributed by atoms with Crippen molar-refractivity contribution >= 4 is 10.9 Å². The number of aromatic nitrogens is 1. The van der Waals surface area contributed by atoms with Gasteiger partial charge in [-0.25, -0.2) is 0 Å². The number of fused-ring (bicyclic) bond motifs is 3. The predicted octanol–water partition coefficient (Wildman–Crippen LogP) is 5.81. The zero-order valence-corrected chi connectivity index (χ0v) is 18.0. The molecule has 0 amide bonds. The maximum atomic E-state index is 12.8. The topological polar surface area (TPSA) is 36.1 Å². The molecule has 0 bridgehead atoms. The third-order valence-corrected chi connectivity index (χ3v) is 7.10. The smallest absolute Gasteiger partial charge is 0.322 e. The summed E-state index contributed by atoms with van der Waals surface area (Å²) in [6, 6.07) is 12.0. The van der Waals surface area contributed by atoms with Crippen LogP contribution in [0.5, 0.6) is 0 Å². The molecule has 2 aromatic carbocycles. The Hall–Kier alpha value is -2.60. The van der Waals surface area contributed by atoms with E-state index in [9.17, 15) is 18.0 Å². The maximum absolute atomic E-state index is 12.8. The number of nitrogens with zero attached hydrogens (tertiary/aromatic N) is 1. The molecule has 1 fully saturated rings. The summed E-state index contributed by atoms with van der Waals surface area (Å²) in [7, 11) is 0. The molecule has 1 aliphatic heterocycles. The van der Waals surface area contributed by atoms with Gasteiger partial charge in [0.2, 0.25) is 0 Å². The lowest BCUT2D eigenvalue weighted by atomic mass is 9.88. The second kappa shape index (κ2) is 8.39. The van der Waals surface area contributed by atoms with Crippen LogP contribution in [0.1, 0.15) is 59.4 Å². The van der Waals surface area contributed by atoms with E-state index in [1.54, 1.807) is 12.1 Å². The molecule has 1 aromatic heterocycles. The average molecular weight is 441 g/mol. The minimum absolute atomic E-state index is 0.0605. The maximum Gasteiger partial charge on any atom is 0.416 e. The van der Waals surface area contributed by atoms with Crippen LogP contribution in [0.15, 0.2) is 47.3 Å². The van der Waals surface area contributed by atoms with E-state index >= 15 is 0 Å². The number of H-pyrrole nitrogens is 1. The zero-order valence-electron chi connectivity index (χ0n) is 18.0. The van der Waals surface area contributed by atoms with Crippen molar-refractivity contribution in [1.29, 1.82) is 0 Å². The molecular weight excluding hydrogens is 413 g/mol. The van der Waals surface area contributed by atoms with Gasteiger partial charge in [0.05, 0.1) is 5.56 Å². The fourth-order valence-electron chi connectivity index (χ4n) is 5.33.